The molecule has 0 saturated carbocycles. The molecule has 33 heavy (non-hydrogen) atoms. The summed E-state index contributed by atoms with van der Waals surface area (Å²) in [5.41, 5.74) is 7.00. The standard InChI is InChI=1S/C25H24N2O6/c1-17(25(30)27-20-9-7-19(8-10-20)24(26)29)33-23(28)16-32-22-13-11-21(12-14-22)31-15-18-5-3-2-4-6-18/h2-14,17H,15-16H2,1H3,(H2,26,29)(H,27,30). The highest BCUT2D eigenvalue weighted by atomic mass is 16.6. The molecule has 0 heterocycles. The minimum atomic E-state index is -1.04. The lowest BCUT2D eigenvalue weighted by Crippen LogP contribution is -2.31. The van der Waals surface area contributed by atoms with Gasteiger partial charge in [0, 0.05) is 11.3 Å². The fraction of sp³-hybridized carbons (Fsp3) is 0.160. The Labute approximate surface area is 191 Å². The summed E-state index contributed by atoms with van der Waals surface area (Å²) >= 11 is 0. The van der Waals surface area contributed by atoms with Crippen LogP contribution >= 0.6 is 0 Å². The first-order valence-corrected chi connectivity index (χ1v) is 10.2. The van der Waals surface area contributed by atoms with Gasteiger partial charge in [-0.2, -0.15) is 0 Å². The molecule has 0 spiro atoms. The van der Waals surface area contributed by atoms with E-state index in [0.29, 0.717) is 29.4 Å². The molecular formula is C25H24N2O6. The Morgan fingerprint density at radius 1 is 0.848 bits per heavy atom. The Kier molecular flexibility index (Phi) is 8.02. The quantitative estimate of drug-likeness (QED) is 0.460. The molecule has 8 heteroatoms. The predicted molar refractivity (Wildman–Crippen MR) is 122 cm³/mol. The zero-order valence-corrected chi connectivity index (χ0v) is 18.0. The van der Waals surface area contributed by atoms with Gasteiger partial charge in [0.1, 0.15) is 18.1 Å². The number of hydrogen-bond acceptors (Lipinski definition) is 6. The monoisotopic (exact) mass is 448 g/mol. The third kappa shape index (κ3) is 7.39. The van der Waals surface area contributed by atoms with Crippen LogP contribution in [0.25, 0.3) is 0 Å². The molecule has 8 nitrogen and oxygen atoms in total. The molecule has 1 atom stereocenters. The largest absolute Gasteiger partial charge is 0.489 e. The summed E-state index contributed by atoms with van der Waals surface area (Å²) in [5.74, 6) is -0.640. The van der Waals surface area contributed by atoms with Crippen LogP contribution in [0.15, 0.2) is 78.9 Å². The molecule has 3 aromatic rings. The Balaban J connectivity index is 1.40. The molecule has 0 aliphatic rings. The number of carbonyl (C=O) groups is 3. The lowest BCUT2D eigenvalue weighted by molar-refractivity contribution is -0.155. The number of amides is 2. The van der Waals surface area contributed by atoms with E-state index in [2.05, 4.69) is 5.32 Å². The van der Waals surface area contributed by atoms with Crippen molar-refractivity contribution < 1.29 is 28.6 Å². The van der Waals surface area contributed by atoms with Gasteiger partial charge in [-0.25, -0.2) is 4.79 Å². The Hall–Kier alpha value is -4.33. The number of benzene rings is 3. The second kappa shape index (κ2) is 11.3. The summed E-state index contributed by atoms with van der Waals surface area (Å²) in [6.45, 7) is 1.54. The second-order valence-electron chi connectivity index (χ2n) is 7.10. The van der Waals surface area contributed by atoms with Crippen LogP contribution in [0.2, 0.25) is 0 Å². The molecule has 0 aliphatic heterocycles. The first-order chi connectivity index (χ1) is 15.9. The molecule has 0 saturated heterocycles. The molecule has 0 bridgehead atoms. The van der Waals surface area contributed by atoms with Gasteiger partial charge in [-0.3, -0.25) is 9.59 Å². The van der Waals surface area contributed by atoms with Crippen molar-refractivity contribution in [2.75, 3.05) is 11.9 Å². The zero-order chi connectivity index (χ0) is 23.6. The molecule has 2 amide bonds. The summed E-state index contributed by atoms with van der Waals surface area (Å²) in [6.07, 6.45) is -1.04. The molecule has 170 valence electrons. The van der Waals surface area contributed by atoms with E-state index in [0.717, 1.165) is 5.56 Å². The molecule has 0 radical (unpaired) electrons. The highest BCUT2D eigenvalue weighted by Crippen LogP contribution is 2.19. The van der Waals surface area contributed by atoms with E-state index in [1.54, 1.807) is 24.3 Å². The van der Waals surface area contributed by atoms with Gasteiger partial charge in [0.15, 0.2) is 12.7 Å². The van der Waals surface area contributed by atoms with Gasteiger partial charge in [0.2, 0.25) is 5.91 Å². The van der Waals surface area contributed by atoms with Crippen molar-refractivity contribution in [2.24, 2.45) is 5.73 Å². The fourth-order valence-electron chi connectivity index (χ4n) is 2.76. The maximum atomic E-state index is 12.2. The van der Waals surface area contributed by atoms with Crippen LogP contribution in [-0.2, 0) is 20.9 Å². The first kappa shape index (κ1) is 23.3. The lowest BCUT2D eigenvalue weighted by Gasteiger charge is -2.14. The number of hydrogen-bond donors (Lipinski definition) is 2. The Morgan fingerprint density at radius 2 is 1.45 bits per heavy atom. The van der Waals surface area contributed by atoms with E-state index < -0.39 is 23.9 Å². The molecule has 3 N–H and O–H groups in total. The van der Waals surface area contributed by atoms with E-state index in [1.807, 2.05) is 30.3 Å². The second-order valence-corrected chi connectivity index (χ2v) is 7.10. The Morgan fingerprint density at radius 3 is 2.06 bits per heavy atom. The smallest absolute Gasteiger partial charge is 0.344 e. The van der Waals surface area contributed by atoms with Crippen LogP contribution in [-0.4, -0.2) is 30.5 Å². The van der Waals surface area contributed by atoms with Gasteiger partial charge >= 0.3 is 5.97 Å². The molecule has 0 fully saturated rings. The van der Waals surface area contributed by atoms with E-state index in [-0.39, 0.29) is 6.61 Å². The van der Waals surface area contributed by atoms with Crippen molar-refractivity contribution in [1.29, 1.82) is 0 Å². The van der Waals surface area contributed by atoms with Crippen LogP contribution in [0, 0.1) is 0 Å². The minimum Gasteiger partial charge on any atom is -0.489 e. The molecule has 0 aliphatic carbocycles. The number of ether oxygens (including phenoxy) is 3. The van der Waals surface area contributed by atoms with Crippen LogP contribution in [0.3, 0.4) is 0 Å². The number of esters is 1. The normalized spacial score (nSPS) is 11.2. The average Bonchev–Trinajstić information content (AvgIpc) is 2.83. The van der Waals surface area contributed by atoms with E-state index >= 15 is 0 Å². The average molecular weight is 448 g/mol. The highest BCUT2D eigenvalue weighted by Gasteiger charge is 2.18. The summed E-state index contributed by atoms with van der Waals surface area (Å²) in [6, 6.07) is 22.7. The number of nitrogens with one attached hydrogen (secondary N) is 1. The summed E-state index contributed by atoms with van der Waals surface area (Å²) in [5, 5.41) is 2.59. The fourth-order valence-corrected chi connectivity index (χ4v) is 2.76. The molecule has 3 rings (SSSR count). The number of carbonyl (C=O) groups excluding carboxylic acids is 3. The highest BCUT2D eigenvalue weighted by molar-refractivity contribution is 5.96. The van der Waals surface area contributed by atoms with Crippen molar-refractivity contribution in [1.82, 2.24) is 0 Å². The lowest BCUT2D eigenvalue weighted by atomic mass is 10.2. The third-order valence-corrected chi connectivity index (χ3v) is 4.54. The SMILES string of the molecule is CC(OC(=O)COc1ccc(OCc2ccccc2)cc1)C(=O)Nc1ccc(C(N)=O)cc1. The van der Waals surface area contributed by atoms with E-state index in [4.69, 9.17) is 19.9 Å². The zero-order valence-electron chi connectivity index (χ0n) is 18.0. The van der Waals surface area contributed by atoms with Crippen molar-refractivity contribution in [3.05, 3.63) is 90.0 Å². The summed E-state index contributed by atoms with van der Waals surface area (Å²) < 4.78 is 16.2. The third-order valence-electron chi connectivity index (χ3n) is 4.54. The van der Waals surface area contributed by atoms with Gasteiger partial charge < -0.3 is 25.3 Å². The van der Waals surface area contributed by atoms with Gasteiger partial charge in [0.25, 0.3) is 5.91 Å². The van der Waals surface area contributed by atoms with Crippen LogP contribution in [0.4, 0.5) is 5.69 Å². The van der Waals surface area contributed by atoms with E-state index in [9.17, 15) is 14.4 Å². The van der Waals surface area contributed by atoms with Crippen LogP contribution < -0.4 is 20.5 Å². The van der Waals surface area contributed by atoms with Gasteiger partial charge in [0.05, 0.1) is 0 Å². The van der Waals surface area contributed by atoms with Crippen LogP contribution in [0.5, 0.6) is 11.5 Å². The van der Waals surface area contributed by atoms with Crippen LogP contribution in [0.1, 0.15) is 22.8 Å². The number of primary amides is 1. The van der Waals surface area contributed by atoms with Crippen molar-refractivity contribution in [3.8, 4) is 11.5 Å². The van der Waals surface area contributed by atoms with Crippen molar-refractivity contribution in [3.63, 3.8) is 0 Å². The molecule has 0 aromatic heterocycles. The maximum Gasteiger partial charge on any atom is 0.344 e. The molecule has 1 unspecified atom stereocenters. The predicted octanol–water partition coefficient (Wildman–Crippen LogP) is 3.31. The van der Waals surface area contributed by atoms with E-state index in [1.165, 1.54) is 31.2 Å². The maximum absolute atomic E-state index is 12.2. The topological polar surface area (TPSA) is 117 Å². The summed E-state index contributed by atoms with van der Waals surface area (Å²) in [7, 11) is 0. The first-order valence-electron chi connectivity index (χ1n) is 10.2. The van der Waals surface area contributed by atoms with Gasteiger partial charge in [-0.15, -0.1) is 0 Å². The van der Waals surface area contributed by atoms with Gasteiger partial charge in [-0.05, 0) is 61.0 Å². The minimum absolute atomic E-state index is 0.320. The molecule has 3 aromatic carbocycles. The number of rotatable bonds is 10. The molecular weight excluding hydrogens is 424 g/mol. The summed E-state index contributed by atoms with van der Waals surface area (Å²) in [4.78, 5) is 35.3. The number of anilines is 1. The van der Waals surface area contributed by atoms with Gasteiger partial charge in [-0.1, -0.05) is 30.3 Å². The number of nitrogens with two attached hydrogens (primary N) is 1. The van der Waals surface area contributed by atoms with Crippen molar-refractivity contribution in [2.45, 2.75) is 19.6 Å². The van der Waals surface area contributed by atoms with Crippen molar-refractivity contribution >= 4 is 23.5 Å². The Bertz CT molecular complexity index is 1080.